The molecule has 0 unspecified atom stereocenters. The molecule has 80 valence electrons. The summed E-state index contributed by atoms with van der Waals surface area (Å²) in [5.74, 6) is -0.288. The summed E-state index contributed by atoms with van der Waals surface area (Å²) in [4.78, 5) is 11.6. The summed E-state index contributed by atoms with van der Waals surface area (Å²) in [6, 6.07) is 10.5. The summed E-state index contributed by atoms with van der Waals surface area (Å²) < 4.78 is 0. The number of hydrogen-bond acceptors (Lipinski definition) is 3. The molecule has 0 aliphatic rings. The number of thiocarbonyl (C=S) groups is 1. The van der Waals surface area contributed by atoms with Gasteiger partial charge in [-0.1, -0.05) is 18.2 Å². The number of allylic oxidation sites excluding steroid dienone is 1. The molecule has 0 aliphatic heterocycles. The van der Waals surface area contributed by atoms with E-state index in [2.05, 4.69) is 10.6 Å². The molecule has 16 heavy (non-hydrogen) atoms. The van der Waals surface area contributed by atoms with Gasteiger partial charge in [0.1, 0.15) is 0 Å². The monoisotopic (exact) mass is 231 g/mol. The van der Waals surface area contributed by atoms with E-state index in [9.17, 15) is 4.79 Å². The van der Waals surface area contributed by atoms with Crippen LogP contribution in [0.25, 0.3) is 0 Å². The first-order chi connectivity index (χ1) is 7.74. The Kier molecular flexibility index (Phi) is 4.70. The zero-order chi connectivity index (χ0) is 11.8. The molecule has 0 atom stereocenters. The van der Waals surface area contributed by atoms with Gasteiger partial charge < -0.3 is 5.32 Å². The molecule has 0 heterocycles. The maximum absolute atomic E-state index is 11.6. The lowest BCUT2D eigenvalue weighted by Gasteiger charge is -2.05. The second kappa shape index (κ2) is 6.32. The topological polar surface area (TPSA) is 64.9 Å². The van der Waals surface area contributed by atoms with Gasteiger partial charge in [-0.2, -0.15) is 5.26 Å². The normalized spacial score (nSPS) is 9.44. The Bertz CT molecular complexity index is 448. The molecule has 0 fully saturated rings. The Hall–Kier alpha value is -2.19. The van der Waals surface area contributed by atoms with Crippen LogP contribution in [0.4, 0.5) is 0 Å². The Morgan fingerprint density at radius 2 is 2.06 bits per heavy atom. The number of nitrogens with zero attached hydrogens (tertiary/aromatic N) is 1. The van der Waals surface area contributed by atoms with Crippen LogP contribution in [-0.4, -0.2) is 11.0 Å². The minimum absolute atomic E-state index is 0.153. The van der Waals surface area contributed by atoms with Crippen molar-refractivity contribution in [2.45, 2.75) is 0 Å². The smallest absolute Gasteiger partial charge is 0.257 e. The molecule has 0 bridgehead atoms. The van der Waals surface area contributed by atoms with Crippen molar-refractivity contribution < 1.29 is 4.79 Å². The van der Waals surface area contributed by atoms with E-state index in [1.165, 1.54) is 12.3 Å². The molecular formula is C11H9N3OS. The highest BCUT2D eigenvalue weighted by atomic mass is 32.1. The van der Waals surface area contributed by atoms with Crippen molar-refractivity contribution in [1.29, 1.82) is 5.26 Å². The summed E-state index contributed by atoms with van der Waals surface area (Å²) in [5.41, 5.74) is 0.524. The average molecular weight is 231 g/mol. The maximum atomic E-state index is 11.6. The number of rotatable bonds is 2. The van der Waals surface area contributed by atoms with Crippen molar-refractivity contribution in [3.8, 4) is 6.07 Å². The second-order valence-corrected chi connectivity index (χ2v) is 3.16. The molecule has 0 aromatic heterocycles. The first-order valence-corrected chi connectivity index (χ1v) is 4.86. The van der Waals surface area contributed by atoms with Crippen LogP contribution in [0, 0.1) is 11.3 Å². The summed E-state index contributed by atoms with van der Waals surface area (Å²) in [5, 5.41) is 13.4. The zero-order valence-electron chi connectivity index (χ0n) is 8.31. The lowest BCUT2D eigenvalue weighted by atomic mass is 10.2. The molecule has 1 amide bonds. The molecule has 1 aromatic rings. The Labute approximate surface area is 98.6 Å². The minimum atomic E-state index is -0.288. The van der Waals surface area contributed by atoms with Gasteiger partial charge in [0.15, 0.2) is 5.11 Å². The predicted molar refractivity (Wildman–Crippen MR) is 64.4 cm³/mol. The van der Waals surface area contributed by atoms with E-state index in [0.717, 1.165) is 0 Å². The van der Waals surface area contributed by atoms with Crippen LogP contribution in [0.3, 0.4) is 0 Å². The van der Waals surface area contributed by atoms with Crippen molar-refractivity contribution in [3.63, 3.8) is 0 Å². The summed E-state index contributed by atoms with van der Waals surface area (Å²) in [7, 11) is 0. The molecule has 0 radical (unpaired) electrons. The van der Waals surface area contributed by atoms with Crippen molar-refractivity contribution >= 4 is 23.2 Å². The van der Waals surface area contributed by atoms with Crippen molar-refractivity contribution in [1.82, 2.24) is 10.6 Å². The predicted octanol–water partition coefficient (Wildman–Crippen LogP) is 1.33. The first-order valence-electron chi connectivity index (χ1n) is 4.45. The molecule has 0 aliphatic carbocycles. The first kappa shape index (κ1) is 11.9. The van der Waals surface area contributed by atoms with Gasteiger partial charge in [-0.15, -0.1) is 0 Å². The van der Waals surface area contributed by atoms with E-state index < -0.39 is 0 Å². The minimum Gasteiger partial charge on any atom is -0.338 e. The van der Waals surface area contributed by atoms with Gasteiger partial charge in [0, 0.05) is 17.8 Å². The van der Waals surface area contributed by atoms with E-state index in [-0.39, 0.29) is 11.0 Å². The molecule has 4 nitrogen and oxygen atoms in total. The summed E-state index contributed by atoms with van der Waals surface area (Å²) in [6.45, 7) is 0. The molecule has 1 aromatic carbocycles. The van der Waals surface area contributed by atoms with Crippen LogP contribution in [0.5, 0.6) is 0 Å². The van der Waals surface area contributed by atoms with Gasteiger partial charge in [0.05, 0.1) is 6.07 Å². The van der Waals surface area contributed by atoms with Gasteiger partial charge in [-0.3, -0.25) is 10.1 Å². The van der Waals surface area contributed by atoms with Crippen LogP contribution >= 0.6 is 12.2 Å². The van der Waals surface area contributed by atoms with Crippen LogP contribution < -0.4 is 10.6 Å². The highest BCUT2D eigenvalue weighted by molar-refractivity contribution is 7.80. The van der Waals surface area contributed by atoms with E-state index in [1.807, 2.05) is 6.07 Å². The SMILES string of the molecule is N#C/C=C\NC(=S)NC(=O)c1ccccc1. The van der Waals surface area contributed by atoms with Gasteiger partial charge in [0.2, 0.25) is 0 Å². The zero-order valence-corrected chi connectivity index (χ0v) is 9.12. The Balaban J connectivity index is 2.50. The van der Waals surface area contributed by atoms with E-state index in [4.69, 9.17) is 17.5 Å². The highest BCUT2D eigenvalue weighted by Crippen LogP contribution is 1.97. The van der Waals surface area contributed by atoms with Crippen molar-refractivity contribution in [2.24, 2.45) is 0 Å². The molecule has 0 saturated carbocycles. The molecule has 5 heteroatoms. The molecule has 0 spiro atoms. The third-order valence-electron chi connectivity index (χ3n) is 1.64. The highest BCUT2D eigenvalue weighted by Gasteiger charge is 2.05. The quantitative estimate of drug-likeness (QED) is 0.595. The molecule has 0 saturated heterocycles. The van der Waals surface area contributed by atoms with Crippen LogP contribution in [0.2, 0.25) is 0 Å². The largest absolute Gasteiger partial charge is 0.338 e. The number of carbonyl (C=O) groups is 1. The second-order valence-electron chi connectivity index (χ2n) is 2.76. The van der Waals surface area contributed by atoms with E-state index >= 15 is 0 Å². The van der Waals surface area contributed by atoms with Crippen LogP contribution in [0.15, 0.2) is 42.6 Å². The molecule has 1 rings (SSSR count). The lowest BCUT2D eigenvalue weighted by Crippen LogP contribution is -2.36. The number of carbonyl (C=O) groups excluding carboxylic acids is 1. The lowest BCUT2D eigenvalue weighted by molar-refractivity contribution is 0.0977. The fourth-order valence-corrected chi connectivity index (χ4v) is 1.12. The molecular weight excluding hydrogens is 222 g/mol. The van der Waals surface area contributed by atoms with Gasteiger partial charge in [0.25, 0.3) is 5.91 Å². The standard InChI is InChI=1S/C11H9N3OS/c12-7-4-8-13-11(16)14-10(15)9-5-2-1-3-6-9/h1-6,8H,(H2,13,14,15,16)/b8-4-. The average Bonchev–Trinajstić information content (AvgIpc) is 2.30. The molecule has 2 N–H and O–H groups in total. The van der Waals surface area contributed by atoms with Crippen molar-refractivity contribution in [2.75, 3.05) is 0 Å². The third-order valence-corrected chi connectivity index (χ3v) is 1.86. The number of hydrogen-bond donors (Lipinski definition) is 2. The van der Waals surface area contributed by atoms with Gasteiger partial charge in [-0.05, 0) is 24.4 Å². The van der Waals surface area contributed by atoms with Gasteiger partial charge in [-0.25, -0.2) is 0 Å². The number of nitrogens with one attached hydrogen (secondary N) is 2. The van der Waals surface area contributed by atoms with E-state index in [1.54, 1.807) is 30.3 Å². The number of benzene rings is 1. The van der Waals surface area contributed by atoms with Gasteiger partial charge >= 0.3 is 0 Å². The Morgan fingerprint density at radius 3 is 2.69 bits per heavy atom. The van der Waals surface area contributed by atoms with Crippen molar-refractivity contribution in [3.05, 3.63) is 48.2 Å². The fourth-order valence-electron chi connectivity index (χ4n) is 0.956. The number of amides is 1. The maximum Gasteiger partial charge on any atom is 0.257 e. The summed E-state index contributed by atoms with van der Waals surface area (Å²) >= 11 is 4.84. The Morgan fingerprint density at radius 1 is 1.38 bits per heavy atom. The fraction of sp³-hybridized carbons (Fsp3) is 0. The van der Waals surface area contributed by atoms with E-state index in [0.29, 0.717) is 5.56 Å². The van der Waals surface area contributed by atoms with Crippen LogP contribution in [-0.2, 0) is 0 Å². The number of nitriles is 1. The summed E-state index contributed by atoms with van der Waals surface area (Å²) in [6.07, 6.45) is 2.58. The third kappa shape index (κ3) is 3.90. The van der Waals surface area contributed by atoms with Crippen LogP contribution in [0.1, 0.15) is 10.4 Å².